The Morgan fingerprint density at radius 2 is 2.39 bits per heavy atom. The quantitative estimate of drug-likeness (QED) is 0.839. The zero-order valence-corrected chi connectivity index (χ0v) is 12.2. The summed E-state index contributed by atoms with van der Waals surface area (Å²) in [6.07, 6.45) is 2.46. The van der Waals surface area contributed by atoms with Crippen LogP contribution in [0.25, 0.3) is 0 Å². The Kier molecular flexibility index (Phi) is 6.88. The highest BCUT2D eigenvalue weighted by atomic mass is 32.2. The van der Waals surface area contributed by atoms with Crippen LogP contribution in [0.4, 0.5) is 0 Å². The van der Waals surface area contributed by atoms with E-state index in [1.54, 1.807) is 16.7 Å². The number of thiophene rings is 1. The summed E-state index contributed by atoms with van der Waals surface area (Å²) < 4.78 is 0. The lowest BCUT2D eigenvalue weighted by Gasteiger charge is -2.15. The highest BCUT2D eigenvalue weighted by Crippen LogP contribution is 2.17. The molecule has 1 heterocycles. The number of nitrogens with zero attached hydrogens (tertiary/aromatic N) is 1. The fourth-order valence-electron chi connectivity index (χ4n) is 1.29. The third-order valence-electron chi connectivity index (χ3n) is 2.30. The molecule has 0 atom stereocenters. The van der Waals surface area contributed by atoms with Crippen LogP contribution in [0.1, 0.15) is 21.7 Å². The second kappa shape index (κ2) is 8.20. The van der Waals surface area contributed by atoms with Crippen LogP contribution in [0.2, 0.25) is 0 Å². The monoisotopic (exact) mass is 283 g/mol. The summed E-state index contributed by atoms with van der Waals surface area (Å²) in [5, 5.41) is 10.6. The van der Waals surface area contributed by atoms with Gasteiger partial charge >= 0.3 is 0 Å². The third-order valence-corrected chi connectivity index (χ3v) is 3.79. The number of hydrogen-bond donors (Lipinski definition) is 1. The Balaban J connectivity index is 2.75. The van der Waals surface area contributed by atoms with Crippen LogP contribution in [0.3, 0.4) is 0 Å². The second-order valence-corrected chi connectivity index (χ2v) is 5.56. The molecule has 0 saturated carbocycles. The van der Waals surface area contributed by atoms with Crippen LogP contribution < -0.4 is 0 Å². The van der Waals surface area contributed by atoms with E-state index >= 15 is 0 Å². The predicted molar refractivity (Wildman–Crippen MR) is 78.2 cm³/mol. The molecule has 18 heavy (non-hydrogen) atoms. The zero-order valence-electron chi connectivity index (χ0n) is 10.6. The third kappa shape index (κ3) is 4.37. The number of thioether (sulfide) groups is 1. The van der Waals surface area contributed by atoms with E-state index in [9.17, 15) is 4.79 Å². The lowest BCUT2D eigenvalue weighted by molar-refractivity contribution is 0.0808. The standard InChI is InChI=1S/C13H17NO2S2/c1-14(7-10-17-2)13(16)12-11(6-9-18-12)5-3-4-8-15/h6,9,15H,4,7-8,10H2,1-2H3. The lowest BCUT2D eigenvalue weighted by Crippen LogP contribution is -2.28. The summed E-state index contributed by atoms with van der Waals surface area (Å²) in [5.41, 5.74) is 0.759. The summed E-state index contributed by atoms with van der Waals surface area (Å²) in [6, 6.07) is 1.85. The molecule has 1 aromatic rings. The lowest BCUT2D eigenvalue weighted by atomic mass is 10.2. The molecule has 5 heteroatoms. The normalized spacial score (nSPS) is 9.72. The van der Waals surface area contributed by atoms with Crippen molar-refractivity contribution in [3.63, 3.8) is 0 Å². The molecule has 0 unspecified atom stereocenters. The van der Waals surface area contributed by atoms with Gasteiger partial charge in [-0.15, -0.1) is 11.3 Å². The molecule has 3 nitrogen and oxygen atoms in total. The minimum absolute atomic E-state index is 0.0207. The first-order valence-electron chi connectivity index (χ1n) is 5.62. The molecule has 1 rings (SSSR count). The van der Waals surface area contributed by atoms with Crippen molar-refractivity contribution in [3.8, 4) is 11.8 Å². The van der Waals surface area contributed by atoms with E-state index in [-0.39, 0.29) is 12.5 Å². The maximum atomic E-state index is 12.2. The number of hydrogen-bond acceptors (Lipinski definition) is 4. The van der Waals surface area contributed by atoms with Gasteiger partial charge in [0.1, 0.15) is 4.88 Å². The molecule has 1 aromatic heterocycles. The summed E-state index contributed by atoms with van der Waals surface area (Å²) in [5.74, 6) is 6.73. The van der Waals surface area contributed by atoms with E-state index in [1.165, 1.54) is 11.3 Å². The Hall–Kier alpha value is -0.960. The maximum Gasteiger partial charge on any atom is 0.264 e. The first kappa shape index (κ1) is 15.1. The van der Waals surface area contributed by atoms with Crippen molar-refractivity contribution >= 4 is 29.0 Å². The number of aliphatic hydroxyl groups is 1. The molecule has 0 saturated heterocycles. The van der Waals surface area contributed by atoms with Gasteiger partial charge in [0.2, 0.25) is 0 Å². The van der Waals surface area contributed by atoms with Crippen LogP contribution in [-0.2, 0) is 0 Å². The fourth-order valence-corrected chi connectivity index (χ4v) is 2.59. The van der Waals surface area contributed by atoms with E-state index in [1.807, 2.05) is 24.7 Å². The molecule has 0 spiro atoms. The van der Waals surface area contributed by atoms with Gasteiger partial charge in [-0.05, 0) is 17.7 Å². The molecule has 1 amide bonds. The van der Waals surface area contributed by atoms with Crippen molar-refractivity contribution in [3.05, 3.63) is 21.9 Å². The van der Waals surface area contributed by atoms with Gasteiger partial charge in [0, 0.05) is 31.3 Å². The van der Waals surface area contributed by atoms with Crippen molar-refractivity contribution in [1.82, 2.24) is 4.90 Å². The topological polar surface area (TPSA) is 40.5 Å². The van der Waals surface area contributed by atoms with E-state index < -0.39 is 0 Å². The Morgan fingerprint density at radius 1 is 1.61 bits per heavy atom. The van der Waals surface area contributed by atoms with Crippen molar-refractivity contribution in [1.29, 1.82) is 0 Å². The van der Waals surface area contributed by atoms with Crippen LogP contribution in [0, 0.1) is 11.8 Å². The molecule has 0 aliphatic heterocycles. The molecular weight excluding hydrogens is 266 g/mol. The SMILES string of the molecule is CSCCN(C)C(=O)c1sccc1C#CCCO. The Bertz CT molecular complexity index is 445. The summed E-state index contributed by atoms with van der Waals surface area (Å²) >= 11 is 3.13. The minimum atomic E-state index is 0.0207. The van der Waals surface area contributed by atoms with E-state index in [4.69, 9.17) is 5.11 Å². The number of carbonyl (C=O) groups excluding carboxylic acids is 1. The molecule has 1 N–H and O–H groups in total. The van der Waals surface area contributed by atoms with Gasteiger partial charge in [-0.1, -0.05) is 11.8 Å². The molecule has 0 bridgehead atoms. The van der Waals surface area contributed by atoms with Crippen molar-refractivity contribution in [2.75, 3.05) is 32.2 Å². The average Bonchev–Trinajstić information content (AvgIpc) is 2.83. The van der Waals surface area contributed by atoms with Gasteiger partial charge in [0.15, 0.2) is 0 Å². The van der Waals surface area contributed by atoms with Crippen LogP contribution in [0.15, 0.2) is 11.4 Å². The first-order valence-corrected chi connectivity index (χ1v) is 7.89. The van der Waals surface area contributed by atoms with E-state index in [2.05, 4.69) is 11.8 Å². The first-order chi connectivity index (χ1) is 8.70. The molecule has 0 aliphatic carbocycles. The molecular formula is C13H17NO2S2. The molecule has 0 aromatic carbocycles. The van der Waals surface area contributed by atoms with Gasteiger partial charge in [-0.25, -0.2) is 0 Å². The molecule has 98 valence electrons. The molecule has 0 aliphatic rings. The number of aliphatic hydroxyl groups excluding tert-OH is 1. The highest BCUT2D eigenvalue weighted by molar-refractivity contribution is 7.98. The zero-order chi connectivity index (χ0) is 13.4. The number of carbonyl (C=O) groups is 1. The summed E-state index contributed by atoms with van der Waals surface area (Å²) in [4.78, 5) is 14.6. The Labute approximate surface area is 116 Å². The van der Waals surface area contributed by atoms with Crippen molar-refractivity contribution in [2.24, 2.45) is 0 Å². The van der Waals surface area contributed by atoms with Gasteiger partial charge in [-0.3, -0.25) is 4.79 Å². The second-order valence-electron chi connectivity index (χ2n) is 3.66. The van der Waals surface area contributed by atoms with Crippen molar-refractivity contribution < 1.29 is 9.90 Å². The maximum absolute atomic E-state index is 12.2. The number of rotatable bonds is 5. The van der Waals surface area contributed by atoms with Crippen LogP contribution in [0.5, 0.6) is 0 Å². The highest BCUT2D eigenvalue weighted by Gasteiger charge is 2.15. The van der Waals surface area contributed by atoms with Gasteiger partial charge < -0.3 is 10.0 Å². The van der Waals surface area contributed by atoms with Gasteiger partial charge in [0.25, 0.3) is 5.91 Å². The molecule has 0 fully saturated rings. The summed E-state index contributed by atoms with van der Waals surface area (Å²) in [6.45, 7) is 0.787. The van der Waals surface area contributed by atoms with Gasteiger partial charge in [-0.2, -0.15) is 11.8 Å². The fraction of sp³-hybridized carbons (Fsp3) is 0.462. The van der Waals surface area contributed by atoms with Crippen LogP contribution in [-0.4, -0.2) is 48.1 Å². The minimum Gasteiger partial charge on any atom is -0.395 e. The average molecular weight is 283 g/mol. The van der Waals surface area contributed by atoms with Crippen LogP contribution >= 0.6 is 23.1 Å². The summed E-state index contributed by atoms with van der Waals surface area (Å²) in [7, 11) is 1.81. The largest absolute Gasteiger partial charge is 0.395 e. The van der Waals surface area contributed by atoms with E-state index in [0.29, 0.717) is 11.3 Å². The number of amides is 1. The van der Waals surface area contributed by atoms with E-state index in [0.717, 1.165) is 17.9 Å². The predicted octanol–water partition coefficient (Wildman–Crippen LogP) is 1.92. The van der Waals surface area contributed by atoms with Crippen molar-refractivity contribution in [2.45, 2.75) is 6.42 Å². The molecule has 0 radical (unpaired) electrons. The Morgan fingerprint density at radius 3 is 3.06 bits per heavy atom. The smallest absolute Gasteiger partial charge is 0.264 e. The van der Waals surface area contributed by atoms with Gasteiger partial charge in [0.05, 0.1) is 6.61 Å².